The minimum Gasteiger partial charge on any atom is -0.326 e. The number of hydrogen-bond donors (Lipinski definition) is 2. The van der Waals surface area contributed by atoms with Crippen LogP contribution in [0.4, 0.5) is 11.4 Å². The average Bonchev–Trinajstić information content (AvgIpc) is 2.61. The molecular formula is C20H23ClN2O4S. The van der Waals surface area contributed by atoms with E-state index in [1.807, 2.05) is 13.8 Å². The first kappa shape index (κ1) is 21.9. The van der Waals surface area contributed by atoms with E-state index in [1.54, 1.807) is 18.2 Å². The normalized spacial score (nSPS) is 11.3. The maximum atomic E-state index is 12.4. The lowest BCUT2D eigenvalue weighted by atomic mass is 10.1. The number of benzene rings is 2. The van der Waals surface area contributed by atoms with Gasteiger partial charge in [0.1, 0.15) is 0 Å². The molecule has 0 saturated heterocycles. The van der Waals surface area contributed by atoms with Crippen molar-refractivity contribution in [1.29, 1.82) is 0 Å². The topological polar surface area (TPSA) is 92.3 Å². The smallest absolute Gasteiger partial charge is 0.255 e. The number of hydrogen-bond acceptors (Lipinski definition) is 4. The van der Waals surface area contributed by atoms with Gasteiger partial charge in [-0.15, -0.1) is 0 Å². The van der Waals surface area contributed by atoms with Gasteiger partial charge in [0, 0.05) is 23.9 Å². The lowest BCUT2D eigenvalue weighted by Gasteiger charge is -2.11. The van der Waals surface area contributed by atoms with Crippen LogP contribution in [0.3, 0.4) is 0 Å². The number of amides is 2. The lowest BCUT2D eigenvalue weighted by molar-refractivity contribution is -0.116. The van der Waals surface area contributed by atoms with Crippen LogP contribution in [0.5, 0.6) is 0 Å². The highest BCUT2D eigenvalue weighted by Gasteiger charge is 2.13. The number of carbonyl (C=O) groups is 2. The summed E-state index contributed by atoms with van der Waals surface area (Å²) in [5.41, 5.74) is 1.09. The van der Waals surface area contributed by atoms with Crippen LogP contribution < -0.4 is 10.6 Å². The highest BCUT2D eigenvalue weighted by Crippen LogP contribution is 2.26. The summed E-state index contributed by atoms with van der Waals surface area (Å²) in [5, 5.41) is 5.68. The van der Waals surface area contributed by atoms with Crippen LogP contribution in [-0.4, -0.2) is 26.5 Å². The zero-order valence-electron chi connectivity index (χ0n) is 16.0. The molecule has 150 valence electrons. The molecule has 0 fully saturated rings. The van der Waals surface area contributed by atoms with Gasteiger partial charge in [-0.2, -0.15) is 0 Å². The van der Waals surface area contributed by atoms with Gasteiger partial charge in [0.25, 0.3) is 5.91 Å². The standard InChI is InChI=1S/C20H23ClN2O4S/c1-13(2)7-10-19(24)22-15-8-9-18(17(21)12-15)23-20(25)14-5-4-6-16(11-14)28(3,26)27/h4-6,8-9,11-13H,7,10H2,1-3H3,(H,22,24)(H,23,25). The van der Waals surface area contributed by atoms with Gasteiger partial charge >= 0.3 is 0 Å². The molecule has 2 N–H and O–H groups in total. The second-order valence-corrected chi connectivity index (χ2v) is 9.35. The SMILES string of the molecule is CC(C)CCC(=O)Nc1ccc(NC(=O)c2cccc(S(C)(=O)=O)c2)c(Cl)c1. The zero-order chi connectivity index (χ0) is 20.9. The molecule has 0 heterocycles. The van der Waals surface area contributed by atoms with Crippen molar-refractivity contribution in [2.24, 2.45) is 5.92 Å². The van der Waals surface area contributed by atoms with Crippen LogP contribution >= 0.6 is 11.6 Å². The molecule has 0 unspecified atom stereocenters. The van der Waals surface area contributed by atoms with E-state index in [4.69, 9.17) is 11.6 Å². The minimum absolute atomic E-state index is 0.0608. The quantitative estimate of drug-likeness (QED) is 0.692. The van der Waals surface area contributed by atoms with Crippen molar-refractivity contribution in [2.75, 3.05) is 16.9 Å². The molecule has 0 saturated carbocycles. The highest BCUT2D eigenvalue weighted by atomic mass is 35.5. The van der Waals surface area contributed by atoms with Gasteiger partial charge in [-0.3, -0.25) is 9.59 Å². The third-order valence-corrected chi connectivity index (χ3v) is 5.40. The molecule has 0 aromatic heterocycles. The van der Waals surface area contributed by atoms with Crippen molar-refractivity contribution in [2.45, 2.75) is 31.6 Å². The Morgan fingerprint density at radius 1 is 1.07 bits per heavy atom. The first-order valence-corrected chi connectivity index (χ1v) is 11.0. The lowest BCUT2D eigenvalue weighted by Crippen LogP contribution is -2.14. The van der Waals surface area contributed by atoms with E-state index in [0.29, 0.717) is 23.7 Å². The largest absolute Gasteiger partial charge is 0.326 e. The van der Waals surface area contributed by atoms with E-state index < -0.39 is 15.7 Å². The predicted octanol–water partition coefficient (Wildman–Crippen LogP) is 4.37. The molecule has 0 aliphatic carbocycles. The molecule has 0 aliphatic heterocycles. The van der Waals surface area contributed by atoms with Crippen LogP contribution in [0, 0.1) is 5.92 Å². The second-order valence-electron chi connectivity index (χ2n) is 6.93. The molecule has 0 atom stereocenters. The maximum Gasteiger partial charge on any atom is 0.255 e. The molecule has 2 amide bonds. The molecule has 6 nitrogen and oxygen atoms in total. The zero-order valence-corrected chi connectivity index (χ0v) is 17.5. The highest BCUT2D eigenvalue weighted by molar-refractivity contribution is 7.90. The molecule has 2 aromatic carbocycles. The summed E-state index contributed by atoms with van der Waals surface area (Å²) < 4.78 is 23.3. The van der Waals surface area contributed by atoms with Gasteiger partial charge in [0.2, 0.25) is 5.91 Å². The molecular weight excluding hydrogens is 400 g/mol. The van der Waals surface area contributed by atoms with Gasteiger partial charge in [-0.05, 0) is 48.7 Å². The van der Waals surface area contributed by atoms with Crippen molar-refractivity contribution in [3.05, 3.63) is 53.1 Å². The Kier molecular flexibility index (Phi) is 7.21. The number of nitrogens with one attached hydrogen (secondary N) is 2. The minimum atomic E-state index is -3.41. The molecule has 0 bridgehead atoms. The van der Waals surface area contributed by atoms with Crippen molar-refractivity contribution in [1.82, 2.24) is 0 Å². The fourth-order valence-corrected chi connectivity index (χ4v) is 3.29. The van der Waals surface area contributed by atoms with E-state index in [-0.39, 0.29) is 21.4 Å². The van der Waals surface area contributed by atoms with Gasteiger partial charge in [-0.1, -0.05) is 31.5 Å². The van der Waals surface area contributed by atoms with E-state index in [9.17, 15) is 18.0 Å². The van der Waals surface area contributed by atoms with E-state index in [2.05, 4.69) is 10.6 Å². The fraction of sp³-hybridized carbons (Fsp3) is 0.300. The number of carbonyl (C=O) groups excluding carboxylic acids is 2. The molecule has 8 heteroatoms. The monoisotopic (exact) mass is 422 g/mol. The summed E-state index contributed by atoms with van der Waals surface area (Å²) in [7, 11) is -3.41. The van der Waals surface area contributed by atoms with Crippen LogP contribution in [-0.2, 0) is 14.6 Å². The first-order chi connectivity index (χ1) is 13.1. The molecule has 28 heavy (non-hydrogen) atoms. The summed E-state index contributed by atoms with van der Waals surface area (Å²) in [6.07, 6.45) is 2.29. The summed E-state index contributed by atoms with van der Waals surface area (Å²) in [5.74, 6) is -0.145. The van der Waals surface area contributed by atoms with Gasteiger partial charge in [0.15, 0.2) is 9.84 Å². The number of anilines is 2. The Morgan fingerprint density at radius 2 is 1.79 bits per heavy atom. The Morgan fingerprint density at radius 3 is 2.39 bits per heavy atom. The molecule has 0 radical (unpaired) electrons. The van der Waals surface area contributed by atoms with Crippen molar-refractivity contribution in [3.63, 3.8) is 0 Å². The summed E-state index contributed by atoms with van der Waals surface area (Å²) in [6.45, 7) is 4.10. The third-order valence-electron chi connectivity index (χ3n) is 3.97. The molecule has 2 rings (SSSR count). The van der Waals surface area contributed by atoms with E-state index in [1.165, 1.54) is 24.3 Å². The second kappa shape index (κ2) is 9.21. The predicted molar refractivity (Wildman–Crippen MR) is 112 cm³/mol. The molecule has 2 aromatic rings. The van der Waals surface area contributed by atoms with Gasteiger partial charge in [-0.25, -0.2) is 8.42 Å². The van der Waals surface area contributed by atoms with E-state index >= 15 is 0 Å². The Labute approximate surface area is 170 Å². The van der Waals surface area contributed by atoms with E-state index in [0.717, 1.165) is 12.7 Å². The third kappa shape index (κ3) is 6.35. The number of sulfone groups is 1. The first-order valence-electron chi connectivity index (χ1n) is 8.77. The summed E-state index contributed by atoms with van der Waals surface area (Å²) in [4.78, 5) is 24.4. The maximum absolute atomic E-state index is 12.4. The van der Waals surface area contributed by atoms with Crippen LogP contribution in [0.2, 0.25) is 5.02 Å². The fourth-order valence-electron chi connectivity index (χ4n) is 2.40. The van der Waals surface area contributed by atoms with Crippen LogP contribution in [0.15, 0.2) is 47.4 Å². The number of halogens is 1. The Bertz CT molecular complexity index is 987. The van der Waals surface area contributed by atoms with Crippen molar-refractivity contribution in [3.8, 4) is 0 Å². The molecule has 0 aliphatic rings. The van der Waals surface area contributed by atoms with Crippen molar-refractivity contribution >= 4 is 44.6 Å². The van der Waals surface area contributed by atoms with Crippen LogP contribution in [0.25, 0.3) is 0 Å². The Balaban J connectivity index is 2.09. The van der Waals surface area contributed by atoms with Gasteiger partial charge < -0.3 is 10.6 Å². The van der Waals surface area contributed by atoms with Gasteiger partial charge in [0.05, 0.1) is 15.6 Å². The summed E-state index contributed by atoms with van der Waals surface area (Å²) >= 11 is 6.21. The van der Waals surface area contributed by atoms with Crippen molar-refractivity contribution < 1.29 is 18.0 Å². The molecule has 0 spiro atoms. The Hall–Kier alpha value is -2.38. The number of rotatable bonds is 7. The van der Waals surface area contributed by atoms with Crippen LogP contribution in [0.1, 0.15) is 37.0 Å². The average molecular weight is 423 g/mol. The summed E-state index contributed by atoms with van der Waals surface area (Å²) in [6, 6.07) is 10.5.